The smallest absolute Gasteiger partial charge is 0.408 e. The standard InChI is InChI=1S/C18H33N3O3S/c1-12(2)21(13(3)10-19)15(22)14(11-25-18(7,8)9)20-16(23)24-17(4,5)6/h12-14H,11H2,1-9H3,(H,20,23). The number of amides is 2. The number of hydrogen-bond acceptors (Lipinski definition) is 5. The molecule has 0 spiro atoms. The van der Waals surface area contributed by atoms with Crippen LogP contribution in [0, 0.1) is 11.3 Å². The topological polar surface area (TPSA) is 82.4 Å². The Morgan fingerprint density at radius 1 is 1.16 bits per heavy atom. The summed E-state index contributed by atoms with van der Waals surface area (Å²) in [5.74, 6) is 0.134. The van der Waals surface area contributed by atoms with Gasteiger partial charge in [-0.05, 0) is 41.5 Å². The van der Waals surface area contributed by atoms with Gasteiger partial charge in [-0.2, -0.15) is 17.0 Å². The van der Waals surface area contributed by atoms with Crippen LogP contribution in [-0.2, 0) is 9.53 Å². The van der Waals surface area contributed by atoms with Crippen molar-refractivity contribution in [1.29, 1.82) is 5.26 Å². The van der Waals surface area contributed by atoms with Gasteiger partial charge < -0.3 is 15.0 Å². The fourth-order valence-corrected chi connectivity index (χ4v) is 2.99. The number of rotatable bonds is 6. The zero-order valence-electron chi connectivity index (χ0n) is 17.0. The average Bonchev–Trinajstić information content (AvgIpc) is 2.39. The maximum atomic E-state index is 13.0. The molecule has 0 aromatic carbocycles. The van der Waals surface area contributed by atoms with E-state index in [9.17, 15) is 14.9 Å². The van der Waals surface area contributed by atoms with Crippen LogP contribution in [0.1, 0.15) is 62.3 Å². The quantitative estimate of drug-likeness (QED) is 0.772. The lowest BCUT2D eigenvalue weighted by Crippen LogP contribution is -2.55. The van der Waals surface area contributed by atoms with Crippen LogP contribution >= 0.6 is 11.8 Å². The number of nitrogens with one attached hydrogen (secondary N) is 1. The van der Waals surface area contributed by atoms with E-state index in [0.717, 1.165) is 0 Å². The Bertz CT molecular complexity index is 501. The summed E-state index contributed by atoms with van der Waals surface area (Å²) in [4.78, 5) is 26.7. The van der Waals surface area contributed by atoms with E-state index in [1.54, 1.807) is 39.5 Å². The number of hydrogen-bond donors (Lipinski definition) is 1. The van der Waals surface area contributed by atoms with Gasteiger partial charge in [-0.1, -0.05) is 20.8 Å². The van der Waals surface area contributed by atoms with Gasteiger partial charge in [-0.25, -0.2) is 4.79 Å². The van der Waals surface area contributed by atoms with Crippen LogP contribution in [-0.4, -0.2) is 51.1 Å². The lowest BCUT2D eigenvalue weighted by atomic mass is 10.1. The van der Waals surface area contributed by atoms with E-state index in [-0.39, 0.29) is 16.7 Å². The number of thioether (sulfide) groups is 1. The summed E-state index contributed by atoms with van der Waals surface area (Å²) in [6.45, 7) is 16.8. The van der Waals surface area contributed by atoms with Crippen LogP contribution in [0.3, 0.4) is 0 Å². The van der Waals surface area contributed by atoms with Crippen molar-refractivity contribution in [3.8, 4) is 6.07 Å². The van der Waals surface area contributed by atoms with Crippen molar-refractivity contribution in [2.75, 3.05) is 5.75 Å². The highest BCUT2D eigenvalue weighted by Crippen LogP contribution is 2.25. The normalized spacial score (nSPS) is 14.4. The fourth-order valence-electron chi connectivity index (χ4n) is 2.09. The van der Waals surface area contributed by atoms with Gasteiger partial charge in [-0.3, -0.25) is 4.79 Å². The molecule has 0 radical (unpaired) electrons. The van der Waals surface area contributed by atoms with Gasteiger partial charge >= 0.3 is 6.09 Å². The van der Waals surface area contributed by atoms with E-state index >= 15 is 0 Å². The Morgan fingerprint density at radius 2 is 1.68 bits per heavy atom. The molecule has 0 aromatic rings. The lowest BCUT2D eigenvalue weighted by molar-refractivity contribution is -0.135. The first kappa shape index (κ1) is 23.6. The second kappa shape index (κ2) is 9.33. The minimum atomic E-state index is -0.753. The molecule has 1 N–H and O–H groups in total. The van der Waals surface area contributed by atoms with Gasteiger partial charge in [-0.15, -0.1) is 0 Å². The third-order valence-electron chi connectivity index (χ3n) is 3.09. The number of nitriles is 1. The van der Waals surface area contributed by atoms with E-state index < -0.39 is 23.8 Å². The molecule has 0 fully saturated rings. The first-order valence-electron chi connectivity index (χ1n) is 8.53. The molecular formula is C18H33N3O3S. The third-order valence-corrected chi connectivity index (χ3v) is 4.45. The molecule has 2 unspecified atom stereocenters. The van der Waals surface area contributed by atoms with E-state index in [1.807, 2.05) is 34.6 Å². The SMILES string of the molecule is CC(C)N(C(=O)C(CSC(C)(C)C)NC(=O)OC(C)(C)C)C(C)C#N. The predicted octanol–water partition coefficient (Wildman–Crippen LogP) is 3.56. The molecule has 25 heavy (non-hydrogen) atoms. The number of alkyl carbamates (subject to hydrolysis) is 1. The summed E-state index contributed by atoms with van der Waals surface area (Å²) in [5, 5.41) is 11.9. The minimum Gasteiger partial charge on any atom is -0.444 e. The molecule has 0 aliphatic rings. The van der Waals surface area contributed by atoms with Crippen LogP contribution in [0.4, 0.5) is 4.79 Å². The molecule has 6 nitrogen and oxygen atoms in total. The summed E-state index contributed by atoms with van der Waals surface area (Å²) in [7, 11) is 0. The highest BCUT2D eigenvalue weighted by Gasteiger charge is 2.33. The van der Waals surface area contributed by atoms with Crippen molar-refractivity contribution in [2.24, 2.45) is 0 Å². The Balaban J connectivity index is 5.38. The predicted molar refractivity (Wildman–Crippen MR) is 102 cm³/mol. The Hall–Kier alpha value is -1.42. The van der Waals surface area contributed by atoms with E-state index in [1.165, 1.54) is 4.90 Å². The Kier molecular flexibility index (Phi) is 8.80. The zero-order chi connectivity index (χ0) is 20.0. The van der Waals surface area contributed by atoms with Crippen LogP contribution in [0.5, 0.6) is 0 Å². The maximum absolute atomic E-state index is 13.0. The molecule has 2 atom stereocenters. The minimum absolute atomic E-state index is 0.0579. The second-order valence-corrected chi connectivity index (χ2v) is 10.1. The molecule has 0 rings (SSSR count). The highest BCUT2D eigenvalue weighted by atomic mass is 32.2. The van der Waals surface area contributed by atoms with Crippen molar-refractivity contribution in [2.45, 2.75) is 90.8 Å². The molecule has 0 heterocycles. The molecule has 0 aliphatic heterocycles. The van der Waals surface area contributed by atoms with Gasteiger partial charge in [0.05, 0.1) is 6.07 Å². The summed E-state index contributed by atoms with van der Waals surface area (Å²) < 4.78 is 5.22. The van der Waals surface area contributed by atoms with Crippen LogP contribution in [0.25, 0.3) is 0 Å². The molecule has 2 amide bonds. The molecule has 0 saturated heterocycles. The van der Waals surface area contributed by atoms with Gasteiger partial charge in [0.15, 0.2) is 0 Å². The van der Waals surface area contributed by atoms with E-state index in [2.05, 4.69) is 11.4 Å². The van der Waals surface area contributed by atoms with E-state index in [4.69, 9.17) is 4.74 Å². The fraction of sp³-hybridized carbons (Fsp3) is 0.833. The van der Waals surface area contributed by atoms with Gasteiger partial charge in [0.1, 0.15) is 17.7 Å². The zero-order valence-corrected chi connectivity index (χ0v) is 17.8. The number of nitrogens with zero attached hydrogens (tertiary/aromatic N) is 2. The van der Waals surface area contributed by atoms with E-state index in [0.29, 0.717) is 5.75 Å². The Labute approximate surface area is 156 Å². The van der Waals surface area contributed by atoms with Crippen LogP contribution < -0.4 is 5.32 Å². The third kappa shape index (κ3) is 9.59. The summed E-state index contributed by atoms with van der Waals surface area (Å²) in [5.41, 5.74) is -0.646. The number of ether oxygens (including phenoxy) is 1. The first-order valence-corrected chi connectivity index (χ1v) is 9.51. The molecular weight excluding hydrogens is 338 g/mol. The maximum Gasteiger partial charge on any atom is 0.408 e. The van der Waals surface area contributed by atoms with Crippen LogP contribution in [0.2, 0.25) is 0 Å². The van der Waals surface area contributed by atoms with Gasteiger partial charge in [0.25, 0.3) is 0 Å². The van der Waals surface area contributed by atoms with Crippen molar-refractivity contribution in [1.82, 2.24) is 10.2 Å². The lowest BCUT2D eigenvalue weighted by Gasteiger charge is -2.33. The van der Waals surface area contributed by atoms with Crippen LogP contribution in [0.15, 0.2) is 0 Å². The summed E-state index contributed by atoms with van der Waals surface area (Å²) in [6.07, 6.45) is -0.631. The van der Waals surface area contributed by atoms with Crippen molar-refractivity contribution < 1.29 is 14.3 Å². The molecule has 144 valence electrons. The number of carbonyl (C=O) groups is 2. The monoisotopic (exact) mass is 371 g/mol. The van der Waals surface area contributed by atoms with Gasteiger partial charge in [0.2, 0.25) is 5.91 Å². The molecule has 0 saturated carbocycles. The largest absolute Gasteiger partial charge is 0.444 e. The first-order chi connectivity index (χ1) is 11.2. The second-order valence-electron chi connectivity index (χ2n) is 8.27. The van der Waals surface area contributed by atoms with Gasteiger partial charge in [0, 0.05) is 16.5 Å². The molecule has 0 bridgehead atoms. The van der Waals surface area contributed by atoms with Crippen molar-refractivity contribution in [3.63, 3.8) is 0 Å². The van der Waals surface area contributed by atoms with Crippen molar-refractivity contribution in [3.05, 3.63) is 0 Å². The molecule has 0 aliphatic carbocycles. The van der Waals surface area contributed by atoms with Crippen molar-refractivity contribution >= 4 is 23.8 Å². The molecule has 0 aromatic heterocycles. The number of carbonyl (C=O) groups excluding carboxylic acids is 2. The summed E-state index contributed by atoms with van der Waals surface area (Å²) >= 11 is 1.58. The molecule has 7 heteroatoms. The average molecular weight is 372 g/mol. The summed E-state index contributed by atoms with van der Waals surface area (Å²) in [6, 6.07) is 0.625. The Morgan fingerprint density at radius 3 is 2.04 bits per heavy atom. The highest BCUT2D eigenvalue weighted by molar-refractivity contribution is 8.00.